The number of aromatic nitrogens is 2. The number of fused-ring (bicyclic) bond motifs is 1. The van der Waals surface area contributed by atoms with Gasteiger partial charge >= 0.3 is 0 Å². The summed E-state index contributed by atoms with van der Waals surface area (Å²) in [6.07, 6.45) is 4.55. The van der Waals surface area contributed by atoms with Gasteiger partial charge in [-0.25, -0.2) is 0 Å². The monoisotopic (exact) mass is 265 g/mol. The van der Waals surface area contributed by atoms with Crippen LogP contribution in [0.4, 0.5) is 0 Å². The quantitative estimate of drug-likeness (QED) is 0.769. The first-order chi connectivity index (χ1) is 8.92. The second-order valence-corrected chi connectivity index (χ2v) is 5.98. The molecule has 5 heteroatoms. The van der Waals surface area contributed by atoms with Gasteiger partial charge in [0.25, 0.3) is 0 Å². The lowest BCUT2D eigenvalue weighted by molar-refractivity contribution is -0.124. The Balaban J connectivity index is 1.99. The molecule has 0 fully saturated rings. The Labute approximate surface area is 113 Å². The summed E-state index contributed by atoms with van der Waals surface area (Å²) < 4.78 is 0. The fraction of sp³-hybridized carbons (Fsp3) is 0.714. The first-order valence-corrected chi connectivity index (χ1v) is 6.94. The Kier molecular flexibility index (Phi) is 3.94. The lowest BCUT2D eigenvalue weighted by Gasteiger charge is -2.29. The second-order valence-electron chi connectivity index (χ2n) is 5.98. The average Bonchev–Trinajstić information content (AvgIpc) is 2.83. The summed E-state index contributed by atoms with van der Waals surface area (Å²) in [5, 5.41) is 20.0. The third kappa shape index (κ3) is 2.97. The van der Waals surface area contributed by atoms with E-state index in [9.17, 15) is 9.90 Å². The Morgan fingerprint density at radius 1 is 1.68 bits per heavy atom. The van der Waals surface area contributed by atoms with Crippen LogP contribution in [-0.4, -0.2) is 33.4 Å². The molecule has 1 aromatic heterocycles. The summed E-state index contributed by atoms with van der Waals surface area (Å²) >= 11 is 0. The zero-order valence-electron chi connectivity index (χ0n) is 11.9. The smallest absolute Gasteiger partial charge is 0.227 e. The van der Waals surface area contributed by atoms with Gasteiger partial charge in [-0.1, -0.05) is 13.8 Å². The molecule has 0 saturated heterocycles. The topological polar surface area (TPSA) is 78.0 Å². The number of aryl methyl sites for hydroxylation is 1. The zero-order chi connectivity index (χ0) is 14.0. The highest BCUT2D eigenvalue weighted by Gasteiger charge is 2.30. The van der Waals surface area contributed by atoms with E-state index in [1.165, 1.54) is 0 Å². The predicted molar refractivity (Wildman–Crippen MR) is 72.7 cm³/mol. The number of H-pyrrole nitrogens is 1. The fourth-order valence-electron chi connectivity index (χ4n) is 2.33. The highest BCUT2D eigenvalue weighted by atomic mass is 16.3. The van der Waals surface area contributed by atoms with E-state index in [2.05, 4.69) is 15.5 Å². The fourth-order valence-corrected chi connectivity index (χ4v) is 2.33. The van der Waals surface area contributed by atoms with Crippen LogP contribution in [0.3, 0.4) is 0 Å². The molecule has 1 aromatic rings. The maximum Gasteiger partial charge on any atom is 0.227 e. The van der Waals surface area contributed by atoms with Gasteiger partial charge in [-0.05, 0) is 32.1 Å². The van der Waals surface area contributed by atoms with Crippen molar-refractivity contribution in [3.8, 4) is 0 Å². The minimum Gasteiger partial charge on any atom is -0.388 e. The van der Waals surface area contributed by atoms with E-state index in [1.807, 2.05) is 13.8 Å². The Bertz CT molecular complexity index is 451. The molecule has 1 heterocycles. The number of nitrogens with one attached hydrogen (secondary N) is 2. The highest BCUT2D eigenvalue weighted by molar-refractivity contribution is 5.84. The van der Waals surface area contributed by atoms with E-state index < -0.39 is 5.60 Å². The summed E-state index contributed by atoms with van der Waals surface area (Å²) in [5.74, 6) is -0.0441. The molecule has 3 N–H and O–H groups in total. The number of amides is 1. The minimum atomic E-state index is -0.871. The molecule has 106 valence electrons. The number of carbonyl (C=O) groups excluding carboxylic acids is 1. The molecule has 19 heavy (non-hydrogen) atoms. The molecule has 1 aliphatic carbocycles. The van der Waals surface area contributed by atoms with Crippen LogP contribution in [0.5, 0.6) is 0 Å². The van der Waals surface area contributed by atoms with Crippen LogP contribution in [0.2, 0.25) is 0 Å². The summed E-state index contributed by atoms with van der Waals surface area (Å²) in [6.45, 7) is 5.93. The van der Waals surface area contributed by atoms with Gasteiger partial charge in [-0.3, -0.25) is 9.89 Å². The van der Waals surface area contributed by atoms with Crippen LogP contribution in [0.1, 0.15) is 50.8 Å². The summed E-state index contributed by atoms with van der Waals surface area (Å²) in [6, 6.07) is 0. The van der Waals surface area contributed by atoms with E-state index in [0.717, 1.165) is 30.5 Å². The van der Waals surface area contributed by atoms with Crippen LogP contribution in [0.25, 0.3) is 0 Å². The lowest BCUT2D eigenvalue weighted by Crippen LogP contribution is -2.45. The number of nitrogens with zero attached hydrogens (tertiary/aromatic N) is 1. The van der Waals surface area contributed by atoms with Gasteiger partial charge in [-0.15, -0.1) is 0 Å². The Morgan fingerprint density at radius 3 is 3.11 bits per heavy atom. The maximum absolute atomic E-state index is 12.3. The van der Waals surface area contributed by atoms with Crippen molar-refractivity contribution in [3.63, 3.8) is 0 Å². The molecular formula is C14H23N3O2. The molecule has 2 atom stereocenters. The molecule has 0 spiro atoms. The van der Waals surface area contributed by atoms with Crippen molar-refractivity contribution < 1.29 is 9.90 Å². The highest BCUT2D eigenvalue weighted by Crippen LogP contribution is 2.30. The first-order valence-electron chi connectivity index (χ1n) is 6.94. The van der Waals surface area contributed by atoms with Crippen molar-refractivity contribution in [3.05, 3.63) is 17.5 Å². The first kappa shape index (κ1) is 14.1. The largest absolute Gasteiger partial charge is 0.388 e. The van der Waals surface area contributed by atoms with Gasteiger partial charge in [0, 0.05) is 17.8 Å². The van der Waals surface area contributed by atoms with Crippen LogP contribution in [0, 0.1) is 5.92 Å². The van der Waals surface area contributed by atoms with Gasteiger partial charge in [-0.2, -0.15) is 5.10 Å². The molecular weight excluding hydrogens is 242 g/mol. The maximum atomic E-state index is 12.3. The molecule has 2 unspecified atom stereocenters. The summed E-state index contributed by atoms with van der Waals surface area (Å²) in [5.41, 5.74) is 1.21. The molecule has 1 aliphatic rings. The third-order valence-electron chi connectivity index (χ3n) is 4.23. The van der Waals surface area contributed by atoms with E-state index in [0.29, 0.717) is 0 Å². The SMILES string of the molecule is CC(C)C(C)(O)CNC(=O)C1CCCc2[nH]ncc21. The van der Waals surface area contributed by atoms with Crippen LogP contribution < -0.4 is 5.32 Å². The Morgan fingerprint density at radius 2 is 2.42 bits per heavy atom. The van der Waals surface area contributed by atoms with Gasteiger partial charge in [0.15, 0.2) is 0 Å². The van der Waals surface area contributed by atoms with Gasteiger partial charge in [0.1, 0.15) is 0 Å². The van der Waals surface area contributed by atoms with E-state index in [1.54, 1.807) is 13.1 Å². The van der Waals surface area contributed by atoms with Crippen LogP contribution >= 0.6 is 0 Å². The molecule has 0 radical (unpaired) electrons. The van der Waals surface area contributed by atoms with Crippen molar-refractivity contribution in [2.75, 3.05) is 6.54 Å². The van der Waals surface area contributed by atoms with Gasteiger partial charge in [0.2, 0.25) is 5.91 Å². The van der Waals surface area contributed by atoms with Crippen molar-refractivity contribution in [1.29, 1.82) is 0 Å². The van der Waals surface area contributed by atoms with Crippen LogP contribution in [-0.2, 0) is 11.2 Å². The standard InChI is InChI=1S/C14H23N3O2/c1-9(2)14(3,19)8-15-13(18)10-5-4-6-12-11(10)7-16-17-12/h7,9-10,19H,4-6,8H2,1-3H3,(H,15,18)(H,16,17). The van der Waals surface area contributed by atoms with Crippen molar-refractivity contribution in [2.24, 2.45) is 5.92 Å². The van der Waals surface area contributed by atoms with Crippen molar-refractivity contribution in [2.45, 2.75) is 51.6 Å². The van der Waals surface area contributed by atoms with Crippen molar-refractivity contribution in [1.82, 2.24) is 15.5 Å². The number of aromatic amines is 1. The van der Waals surface area contributed by atoms with Gasteiger partial charge < -0.3 is 10.4 Å². The molecule has 1 amide bonds. The summed E-state index contributed by atoms with van der Waals surface area (Å²) in [4.78, 5) is 12.3. The number of aliphatic hydroxyl groups is 1. The molecule has 5 nitrogen and oxygen atoms in total. The molecule has 0 aliphatic heterocycles. The number of hydrogen-bond donors (Lipinski definition) is 3. The number of hydrogen-bond acceptors (Lipinski definition) is 3. The predicted octanol–water partition coefficient (Wildman–Crippen LogP) is 1.35. The van der Waals surface area contributed by atoms with Crippen LogP contribution in [0.15, 0.2) is 6.20 Å². The zero-order valence-corrected chi connectivity index (χ0v) is 11.9. The van der Waals surface area contributed by atoms with Crippen molar-refractivity contribution >= 4 is 5.91 Å². The lowest BCUT2D eigenvalue weighted by atomic mass is 9.86. The normalized spacial score (nSPS) is 21.8. The second kappa shape index (κ2) is 5.33. The molecule has 0 bridgehead atoms. The van der Waals surface area contributed by atoms with Gasteiger partial charge in [0.05, 0.1) is 17.7 Å². The molecule has 2 rings (SSSR count). The summed E-state index contributed by atoms with van der Waals surface area (Å²) in [7, 11) is 0. The average molecular weight is 265 g/mol. The minimum absolute atomic E-state index is 0.0109. The Hall–Kier alpha value is -1.36. The van der Waals surface area contributed by atoms with E-state index in [4.69, 9.17) is 0 Å². The van der Waals surface area contributed by atoms with E-state index in [-0.39, 0.29) is 24.3 Å². The molecule has 0 saturated carbocycles. The third-order valence-corrected chi connectivity index (χ3v) is 4.23. The van der Waals surface area contributed by atoms with E-state index >= 15 is 0 Å². The molecule has 0 aromatic carbocycles. The number of carbonyl (C=O) groups is 1. The number of rotatable bonds is 4.